The maximum Gasteiger partial charge on any atom is 0.338 e. The Morgan fingerprint density at radius 1 is 1.09 bits per heavy atom. The molecular weight excluding hydrogens is 292 g/mol. The zero-order valence-electron chi connectivity index (χ0n) is 13.0. The lowest BCUT2D eigenvalue weighted by Crippen LogP contribution is -2.45. The molecule has 4 nitrogen and oxygen atoms in total. The Morgan fingerprint density at radius 3 is 2.30 bits per heavy atom. The fourth-order valence-corrected chi connectivity index (χ4v) is 2.58. The number of hydrogen-bond donors (Lipinski definition) is 0. The molecule has 4 heteroatoms. The van der Waals surface area contributed by atoms with E-state index < -0.39 is 5.60 Å². The predicted octanol–water partition coefficient (Wildman–Crippen LogP) is 3.61. The van der Waals surface area contributed by atoms with Crippen molar-refractivity contribution in [2.24, 2.45) is 0 Å². The highest BCUT2D eigenvalue weighted by Gasteiger charge is 2.41. The Balaban J connectivity index is 1.55. The van der Waals surface area contributed by atoms with E-state index in [4.69, 9.17) is 9.47 Å². The molecule has 0 bridgehead atoms. The Labute approximate surface area is 135 Å². The monoisotopic (exact) mass is 310 g/mol. The van der Waals surface area contributed by atoms with Gasteiger partial charge in [0.05, 0.1) is 18.6 Å². The first-order chi connectivity index (χ1) is 11.1. The van der Waals surface area contributed by atoms with Gasteiger partial charge in [-0.2, -0.15) is 0 Å². The van der Waals surface area contributed by atoms with Crippen molar-refractivity contribution < 1.29 is 19.1 Å². The van der Waals surface area contributed by atoms with Gasteiger partial charge in [-0.1, -0.05) is 42.5 Å². The standard InChI is InChI=1S/C19H18O4/c1-19(13-17(20)23-19)11-12-22-18(21)16-9-7-15(8-10-16)14-5-3-2-4-6-14/h2-10H,11-13H2,1H3. The molecule has 1 saturated heterocycles. The Morgan fingerprint density at radius 2 is 1.70 bits per heavy atom. The molecule has 3 rings (SSSR count). The van der Waals surface area contributed by atoms with Crippen molar-refractivity contribution in [2.45, 2.75) is 25.4 Å². The summed E-state index contributed by atoms with van der Waals surface area (Å²) >= 11 is 0. The SMILES string of the molecule is CC1(CCOC(=O)c2ccc(-c3ccccc3)cc2)CC(=O)O1. The van der Waals surface area contributed by atoms with Gasteiger partial charge in [0, 0.05) is 6.42 Å². The van der Waals surface area contributed by atoms with Gasteiger partial charge in [0.1, 0.15) is 5.60 Å². The van der Waals surface area contributed by atoms with Crippen molar-refractivity contribution >= 4 is 11.9 Å². The molecule has 0 aliphatic carbocycles. The summed E-state index contributed by atoms with van der Waals surface area (Å²) in [5, 5.41) is 0. The van der Waals surface area contributed by atoms with Crippen LogP contribution in [0.2, 0.25) is 0 Å². The van der Waals surface area contributed by atoms with Gasteiger partial charge in [-0.3, -0.25) is 4.79 Å². The lowest BCUT2D eigenvalue weighted by molar-refractivity contribution is -0.190. The third kappa shape index (κ3) is 3.59. The van der Waals surface area contributed by atoms with E-state index in [9.17, 15) is 9.59 Å². The van der Waals surface area contributed by atoms with E-state index in [-0.39, 0.29) is 18.5 Å². The summed E-state index contributed by atoms with van der Waals surface area (Å²) in [6, 6.07) is 17.3. The summed E-state index contributed by atoms with van der Waals surface area (Å²) in [5.41, 5.74) is 2.19. The number of rotatable bonds is 5. The van der Waals surface area contributed by atoms with E-state index in [2.05, 4.69) is 0 Å². The van der Waals surface area contributed by atoms with Crippen molar-refractivity contribution in [3.8, 4) is 11.1 Å². The van der Waals surface area contributed by atoms with Crippen LogP contribution in [-0.2, 0) is 14.3 Å². The number of esters is 2. The quantitative estimate of drug-likeness (QED) is 0.792. The molecule has 0 saturated carbocycles. The van der Waals surface area contributed by atoms with Gasteiger partial charge < -0.3 is 9.47 Å². The van der Waals surface area contributed by atoms with Crippen molar-refractivity contribution in [1.82, 2.24) is 0 Å². The topological polar surface area (TPSA) is 52.6 Å². The molecule has 0 N–H and O–H groups in total. The van der Waals surface area contributed by atoms with Gasteiger partial charge >= 0.3 is 11.9 Å². The fourth-order valence-electron chi connectivity index (χ4n) is 2.58. The number of cyclic esters (lactones) is 1. The van der Waals surface area contributed by atoms with Crippen molar-refractivity contribution in [3.05, 3.63) is 60.2 Å². The van der Waals surface area contributed by atoms with Crippen molar-refractivity contribution in [1.29, 1.82) is 0 Å². The minimum Gasteiger partial charge on any atom is -0.462 e. The molecular formula is C19H18O4. The summed E-state index contributed by atoms with van der Waals surface area (Å²) in [6.07, 6.45) is 0.906. The first-order valence-electron chi connectivity index (χ1n) is 7.60. The van der Waals surface area contributed by atoms with E-state index in [1.165, 1.54) is 0 Å². The fraction of sp³-hybridized carbons (Fsp3) is 0.263. The highest BCUT2D eigenvalue weighted by atomic mass is 16.6. The van der Waals surface area contributed by atoms with Gasteiger partial charge in [-0.25, -0.2) is 4.79 Å². The average molecular weight is 310 g/mol. The van der Waals surface area contributed by atoms with Crippen LogP contribution in [0.1, 0.15) is 30.1 Å². The number of ether oxygens (including phenoxy) is 2. The molecule has 23 heavy (non-hydrogen) atoms. The van der Waals surface area contributed by atoms with Crippen LogP contribution >= 0.6 is 0 Å². The molecule has 118 valence electrons. The van der Waals surface area contributed by atoms with Gasteiger partial charge in [0.2, 0.25) is 0 Å². The van der Waals surface area contributed by atoms with E-state index in [1.54, 1.807) is 12.1 Å². The molecule has 0 radical (unpaired) electrons. The summed E-state index contributed by atoms with van der Waals surface area (Å²) < 4.78 is 10.3. The van der Waals surface area contributed by atoms with Crippen LogP contribution in [0.3, 0.4) is 0 Å². The highest BCUT2D eigenvalue weighted by molar-refractivity contribution is 5.90. The molecule has 1 aliphatic rings. The first kappa shape index (κ1) is 15.3. The molecule has 2 aromatic carbocycles. The normalized spacial score (nSPS) is 19.6. The molecule has 0 spiro atoms. The van der Waals surface area contributed by atoms with Crippen LogP contribution in [0.25, 0.3) is 11.1 Å². The van der Waals surface area contributed by atoms with E-state index >= 15 is 0 Å². The lowest BCUT2D eigenvalue weighted by atomic mass is 9.93. The summed E-state index contributed by atoms with van der Waals surface area (Å²) in [7, 11) is 0. The zero-order valence-corrected chi connectivity index (χ0v) is 13.0. The van der Waals surface area contributed by atoms with Crippen LogP contribution < -0.4 is 0 Å². The smallest absolute Gasteiger partial charge is 0.338 e. The summed E-state index contributed by atoms with van der Waals surface area (Å²) in [4.78, 5) is 22.9. The average Bonchev–Trinajstić information content (AvgIpc) is 2.54. The second kappa shape index (κ2) is 6.24. The number of benzene rings is 2. The molecule has 0 aromatic heterocycles. The second-order valence-electron chi connectivity index (χ2n) is 5.93. The third-order valence-corrected chi connectivity index (χ3v) is 3.97. The van der Waals surface area contributed by atoms with Crippen LogP contribution in [0.15, 0.2) is 54.6 Å². The maximum absolute atomic E-state index is 12.0. The van der Waals surface area contributed by atoms with Gasteiger partial charge in [0.25, 0.3) is 0 Å². The molecule has 1 atom stereocenters. The summed E-state index contributed by atoms with van der Waals surface area (Å²) in [6.45, 7) is 2.08. The highest BCUT2D eigenvalue weighted by Crippen LogP contribution is 2.30. The number of carbonyl (C=O) groups is 2. The first-order valence-corrected chi connectivity index (χ1v) is 7.60. The van der Waals surface area contributed by atoms with Crippen molar-refractivity contribution in [3.63, 3.8) is 0 Å². The number of hydrogen-bond acceptors (Lipinski definition) is 4. The van der Waals surface area contributed by atoms with Gasteiger partial charge in [-0.15, -0.1) is 0 Å². The second-order valence-corrected chi connectivity index (χ2v) is 5.93. The van der Waals surface area contributed by atoms with E-state index in [1.807, 2.05) is 49.4 Å². The Bertz CT molecular complexity index is 696. The molecule has 1 heterocycles. The zero-order chi connectivity index (χ0) is 16.3. The molecule has 2 aromatic rings. The van der Waals surface area contributed by atoms with Crippen molar-refractivity contribution in [2.75, 3.05) is 6.61 Å². The number of carbonyl (C=O) groups excluding carboxylic acids is 2. The van der Waals surface area contributed by atoms with E-state index in [0.29, 0.717) is 18.4 Å². The minimum atomic E-state index is -0.478. The third-order valence-electron chi connectivity index (χ3n) is 3.97. The Hall–Kier alpha value is -2.62. The molecule has 1 unspecified atom stereocenters. The van der Waals surface area contributed by atoms with Crippen LogP contribution in [0, 0.1) is 0 Å². The van der Waals surface area contributed by atoms with Crippen LogP contribution in [0.4, 0.5) is 0 Å². The van der Waals surface area contributed by atoms with E-state index in [0.717, 1.165) is 11.1 Å². The molecule has 0 amide bonds. The van der Waals surface area contributed by atoms with Gasteiger partial charge in [-0.05, 0) is 30.2 Å². The molecule has 1 fully saturated rings. The van der Waals surface area contributed by atoms with Crippen LogP contribution in [0.5, 0.6) is 0 Å². The van der Waals surface area contributed by atoms with Gasteiger partial charge in [0.15, 0.2) is 0 Å². The minimum absolute atomic E-state index is 0.199. The molecule has 1 aliphatic heterocycles. The largest absolute Gasteiger partial charge is 0.462 e. The Kier molecular flexibility index (Phi) is 4.15. The predicted molar refractivity (Wildman–Crippen MR) is 85.9 cm³/mol. The lowest BCUT2D eigenvalue weighted by Gasteiger charge is -2.36. The summed E-state index contributed by atoms with van der Waals surface area (Å²) in [5.74, 6) is -0.561. The van der Waals surface area contributed by atoms with Crippen LogP contribution in [-0.4, -0.2) is 24.1 Å². The maximum atomic E-state index is 12.0.